The number of thiophene rings is 1. The van der Waals surface area contributed by atoms with Crippen molar-refractivity contribution >= 4 is 42.9 Å². The van der Waals surface area contributed by atoms with E-state index in [1.54, 1.807) is 0 Å². The van der Waals surface area contributed by atoms with Gasteiger partial charge in [-0.3, -0.25) is 0 Å². The largest absolute Gasteiger partial charge is 0.355 e. The van der Waals surface area contributed by atoms with Crippen LogP contribution in [0.25, 0.3) is 42.4 Å². The fraction of sp³-hybridized carbons (Fsp3) is 0.0270. The molecule has 0 atom stereocenters. The first-order valence-corrected chi connectivity index (χ1v) is 14.3. The summed E-state index contributed by atoms with van der Waals surface area (Å²) in [5, 5.41) is 6.48. The minimum absolute atomic E-state index is 0.315. The second-order valence-electron chi connectivity index (χ2n) is 10.5. The highest BCUT2D eigenvalue weighted by molar-refractivity contribution is 7.25. The van der Waals surface area contributed by atoms with E-state index in [9.17, 15) is 0 Å². The molecule has 7 aromatic rings. The van der Waals surface area contributed by atoms with Gasteiger partial charge in [-0.25, -0.2) is 0 Å². The van der Waals surface area contributed by atoms with Crippen LogP contribution in [0.5, 0.6) is 0 Å². The quantitative estimate of drug-likeness (QED) is 0.242. The fourth-order valence-electron chi connectivity index (χ4n) is 7.21. The molecule has 1 heterocycles. The minimum Gasteiger partial charge on any atom is -0.355 e. The average Bonchev–Trinajstić information content (AvgIpc) is 3.62. The Labute approximate surface area is 231 Å². The summed E-state index contributed by atoms with van der Waals surface area (Å²) in [6.45, 7) is 0. The molecule has 1 N–H and O–H groups in total. The van der Waals surface area contributed by atoms with Crippen LogP contribution in [0.1, 0.15) is 22.3 Å². The average molecular weight is 514 g/mol. The Hall–Kier alpha value is -4.66. The standard InChI is InChI=1S/C37H23NS/c1-5-14-29-24(10-1)25-11-2-6-15-30(25)37(29)31-16-7-3-13-27(31)36-32(37)17-9-18-33(36)38-23-20-21-35-28(22-23)26-12-4-8-19-34(26)39-35/h1-22,38H. The van der Waals surface area contributed by atoms with Crippen LogP contribution in [0.2, 0.25) is 0 Å². The number of rotatable bonds is 2. The zero-order valence-corrected chi connectivity index (χ0v) is 21.9. The maximum Gasteiger partial charge on any atom is 0.0726 e. The van der Waals surface area contributed by atoms with Gasteiger partial charge in [0, 0.05) is 37.1 Å². The second kappa shape index (κ2) is 7.69. The summed E-state index contributed by atoms with van der Waals surface area (Å²) in [5.74, 6) is 0. The highest BCUT2D eigenvalue weighted by Gasteiger charge is 2.51. The number of fused-ring (bicyclic) bond motifs is 13. The van der Waals surface area contributed by atoms with E-state index in [0.29, 0.717) is 0 Å². The van der Waals surface area contributed by atoms with Gasteiger partial charge in [0.05, 0.1) is 5.41 Å². The van der Waals surface area contributed by atoms with Gasteiger partial charge in [0.2, 0.25) is 0 Å². The molecule has 0 saturated heterocycles. The molecule has 0 bridgehead atoms. The molecule has 182 valence electrons. The van der Waals surface area contributed by atoms with Crippen molar-refractivity contribution in [1.29, 1.82) is 0 Å². The smallest absolute Gasteiger partial charge is 0.0726 e. The van der Waals surface area contributed by atoms with Gasteiger partial charge in [-0.2, -0.15) is 0 Å². The second-order valence-corrected chi connectivity index (χ2v) is 11.6. The lowest BCUT2D eigenvalue weighted by molar-refractivity contribution is 0.794. The van der Waals surface area contributed by atoms with Gasteiger partial charge >= 0.3 is 0 Å². The van der Waals surface area contributed by atoms with Crippen LogP contribution in [0, 0.1) is 0 Å². The summed E-state index contributed by atoms with van der Waals surface area (Å²) in [7, 11) is 0. The molecule has 9 rings (SSSR count). The maximum absolute atomic E-state index is 3.85. The van der Waals surface area contributed by atoms with Crippen LogP contribution in [-0.2, 0) is 5.41 Å². The molecule has 2 heteroatoms. The molecule has 1 aromatic heterocycles. The van der Waals surface area contributed by atoms with Crippen LogP contribution in [0.3, 0.4) is 0 Å². The molecule has 0 radical (unpaired) electrons. The maximum atomic E-state index is 3.85. The molecule has 1 nitrogen and oxygen atoms in total. The SMILES string of the molecule is c1ccc2c(c1)-c1ccccc1C21c2ccccc2-c2c(Nc3ccc4sc5ccccc5c4c3)cccc21. The van der Waals surface area contributed by atoms with Gasteiger partial charge in [-0.05, 0) is 69.3 Å². The van der Waals surface area contributed by atoms with Gasteiger partial charge in [0.1, 0.15) is 0 Å². The molecule has 0 aliphatic heterocycles. The monoisotopic (exact) mass is 513 g/mol. The Morgan fingerprint density at radius 1 is 0.462 bits per heavy atom. The van der Waals surface area contributed by atoms with E-state index in [-0.39, 0.29) is 5.41 Å². The van der Waals surface area contributed by atoms with Crippen molar-refractivity contribution in [3.05, 3.63) is 156 Å². The normalized spacial score (nSPS) is 13.8. The van der Waals surface area contributed by atoms with Crippen LogP contribution in [0.15, 0.2) is 133 Å². The molecule has 1 spiro atoms. The highest BCUT2D eigenvalue weighted by atomic mass is 32.1. The van der Waals surface area contributed by atoms with Gasteiger partial charge in [-0.1, -0.05) is 103 Å². The molecule has 0 unspecified atom stereocenters. The fourth-order valence-corrected chi connectivity index (χ4v) is 8.29. The van der Waals surface area contributed by atoms with Crippen LogP contribution in [-0.4, -0.2) is 0 Å². The summed E-state index contributed by atoms with van der Waals surface area (Å²) in [6.07, 6.45) is 0. The lowest BCUT2D eigenvalue weighted by atomic mass is 9.70. The van der Waals surface area contributed by atoms with Crippen molar-refractivity contribution in [2.75, 3.05) is 5.32 Å². The lowest BCUT2D eigenvalue weighted by Crippen LogP contribution is -2.25. The molecule has 39 heavy (non-hydrogen) atoms. The van der Waals surface area contributed by atoms with Gasteiger partial charge < -0.3 is 5.32 Å². The van der Waals surface area contributed by atoms with E-state index in [0.717, 1.165) is 11.4 Å². The van der Waals surface area contributed by atoms with Crippen molar-refractivity contribution in [3.8, 4) is 22.3 Å². The predicted molar refractivity (Wildman–Crippen MR) is 165 cm³/mol. The lowest BCUT2D eigenvalue weighted by Gasteiger charge is -2.30. The molecular formula is C37H23NS. The third kappa shape index (κ3) is 2.69. The topological polar surface area (TPSA) is 12.0 Å². The predicted octanol–water partition coefficient (Wildman–Crippen LogP) is 10.1. The molecule has 2 aliphatic carbocycles. The number of anilines is 2. The van der Waals surface area contributed by atoms with Crippen molar-refractivity contribution < 1.29 is 0 Å². The Bertz CT molecular complexity index is 2070. The summed E-state index contributed by atoms with van der Waals surface area (Å²) in [4.78, 5) is 0. The number of nitrogens with one attached hydrogen (secondary N) is 1. The zero-order valence-electron chi connectivity index (χ0n) is 21.1. The van der Waals surface area contributed by atoms with E-state index in [1.807, 2.05) is 11.3 Å². The van der Waals surface area contributed by atoms with E-state index in [1.165, 1.54) is 64.7 Å². The van der Waals surface area contributed by atoms with Gasteiger partial charge in [-0.15, -0.1) is 11.3 Å². The third-order valence-electron chi connectivity index (χ3n) is 8.68. The molecule has 0 saturated carbocycles. The van der Waals surface area contributed by atoms with Crippen LogP contribution < -0.4 is 5.32 Å². The summed E-state index contributed by atoms with van der Waals surface area (Å²) >= 11 is 1.86. The number of hydrogen-bond acceptors (Lipinski definition) is 2. The Morgan fingerprint density at radius 3 is 1.82 bits per heavy atom. The summed E-state index contributed by atoms with van der Waals surface area (Å²) in [5.41, 5.74) is 12.7. The van der Waals surface area contributed by atoms with E-state index < -0.39 is 0 Å². The molecular weight excluding hydrogens is 490 g/mol. The van der Waals surface area contributed by atoms with Crippen LogP contribution in [0.4, 0.5) is 11.4 Å². The first-order valence-electron chi connectivity index (χ1n) is 13.4. The molecule has 6 aromatic carbocycles. The minimum atomic E-state index is -0.315. The van der Waals surface area contributed by atoms with Gasteiger partial charge in [0.15, 0.2) is 0 Å². The number of benzene rings is 6. The van der Waals surface area contributed by atoms with Crippen molar-refractivity contribution in [2.45, 2.75) is 5.41 Å². The first-order chi connectivity index (χ1) is 19.3. The Balaban J connectivity index is 1.30. The molecule has 2 aliphatic rings. The Kier molecular flexibility index (Phi) is 4.20. The molecule has 0 fully saturated rings. The van der Waals surface area contributed by atoms with Crippen LogP contribution >= 0.6 is 11.3 Å². The van der Waals surface area contributed by atoms with E-state index in [2.05, 4.69) is 139 Å². The first kappa shape index (κ1) is 21.3. The summed E-state index contributed by atoms with van der Waals surface area (Å²) < 4.78 is 2.66. The molecule has 0 amide bonds. The number of hydrogen-bond donors (Lipinski definition) is 1. The summed E-state index contributed by atoms with van der Waals surface area (Å²) in [6, 6.07) is 49.2. The van der Waals surface area contributed by atoms with E-state index in [4.69, 9.17) is 0 Å². The highest BCUT2D eigenvalue weighted by Crippen LogP contribution is 2.63. The van der Waals surface area contributed by atoms with Crippen molar-refractivity contribution in [3.63, 3.8) is 0 Å². The third-order valence-corrected chi connectivity index (χ3v) is 9.83. The Morgan fingerprint density at radius 2 is 1.05 bits per heavy atom. The zero-order chi connectivity index (χ0) is 25.6. The van der Waals surface area contributed by atoms with E-state index >= 15 is 0 Å². The van der Waals surface area contributed by atoms with Gasteiger partial charge in [0.25, 0.3) is 0 Å². The van der Waals surface area contributed by atoms with Crippen molar-refractivity contribution in [1.82, 2.24) is 0 Å². The van der Waals surface area contributed by atoms with Crippen molar-refractivity contribution in [2.24, 2.45) is 0 Å².